The molecule has 0 amide bonds. The maximum absolute atomic E-state index is 12.3. The number of aliphatic hydroxyl groups excluding tert-OH is 2. The van der Waals surface area contributed by atoms with Crippen molar-refractivity contribution in [1.29, 1.82) is 0 Å². The predicted molar refractivity (Wildman–Crippen MR) is 112 cm³/mol. The Labute approximate surface area is 195 Å². The summed E-state index contributed by atoms with van der Waals surface area (Å²) < 4.78 is 47.4. The topological polar surface area (TPSA) is 250 Å². The van der Waals surface area contributed by atoms with Crippen molar-refractivity contribution in [2.24, 2.45) is 0 Å². The van der Waals surface area contributed by atoms with E-state index in [-0.39, 0.29) is 17.0 Å². The number of aromatic nitrogens is 4. The van der Waals surface area contributed by atoms with Crippen molar-refractivity contribution in [3.63, 3.8) is 0 Å². The SMILES string of the molecule is [B][P@@](=O)(OC[C@H]1O[C@@H](n2cnc3c(N)ncnc32)[C@H](O)[C@@H]1O)OP(=O)(O)C(Cl)(Cl)P(=O)(O)O. The minimum absolute atomic E-state index is 0.0475. The van der Waals surface area contributed by atoms with Crippen LogP contribution in [0.2, 0.25) is 0 Å². The van der Waals surface area contributed by atoms with E-state index in [2.05, 4.69) is 19.3 Å². The Morgan fingerprint density at radius 3 is 2.42 bits per heavy atom. The molecule has 22 heteroatoms. The third-order valence-electron chi connectivity index (χ3n) is 4.33. The number of hydrogen-bond donors (Lipinski definition) is 6. The number of alkyl halides is 2. The van der Waals surface area contributed by atoms with Gasteiger partial charge >= 0.3 is 19.0 Å². The summed E-state index contributed by atoms with van der Waals surface area (Å²) in [7, 11) is -11.3. The molecule has 3 heterocycles. The molecule has 1 unspecified atom stereocenters. The number of nitrogens with two attached hydrogens (primary N) is 1. The van der Waals surface area contributed by atoms with E-state index in [1.165, 1.54) is 10.9 Å². The van der Waals surface area contributed by atoms with Gasteiger partial charge in [0.25, 0.3) is 7.47 Å². The number of hydrogen-bond acceptors (Lipinski definition) is 12. The van der Waals surface area contributed by atoms with Crippen molar-refractivity contribution >= 4 is 70.4 Å². The Balaban J connectivity index is 1.72. The summed E-state index contributed by atoms with van der Waals surface area (Å²) in [6, 6.07) is 0. The fourth-order valence-electron chi connectivity index (χ4n) is 2.72. The Hall–Kier alpha value is -0.635. The summed E-state index contributed by atoms with van der Waals surface area (Å²) >= 11 is 10.4. The van der Waals surface area contributed by atoms with E-state index < -0.39 is 57.6 Å². The molecule has 7 N–H and O–H groups in total. The summed E-state index contributed by atoms with van der Waals surface area (Å²) in [6.07, 6.45) is -3.58. The highest BCUT2D eigenvalue weighted by Gasteiger charge is 2.62. The van der Waals surface area contributed by atoms with E-state index >= 15 is 0 Å². The molecule has 2 radical (unpaired) electrons. The molecule has 16 nitrogen and oxygen atoms in total. The third kappa shape index (κ3) is 5.16. The molecule has 3 rings (SSSR count). The lowest BCUT2D eigenvalue weighted by atomic mass is 10.1. The quantitative estimate of drug-likeness (QED) is 0.137. The van der Waals surface area contributed by atoms with Gasteiger partial charge < -0.3 is 39.9 Å². The van der Waals surface area contributed by atoms with E-state index in [9.17, 15) is 28.8 Å². The minimum atomic E-state index is -5.75. The Kier molecular flexibility index (Phi) is 7.44. The van der Waals surface area contributed by atoms with Crippen molar-refractivity contribution in [2.45, 2.75) is 28.4 Å². The monoisotopic (exact) mass is 567 g/mol. The third-order valence-corrected chi connectivity index (χ3v) is 12.2. The van der Waals surface area contributed by atoms with Gasteiger partial charge in [-0.15, -0.1) is 0 Å². The Morgan fingerprint density at radius 1 is 1.18 bits per heavy atom. The standard InChI is InChI=1S/C11H15BCl2N5O11P3/c12-33(27,30-32(25,26)11(13,14)31(22,23)24)28-1-4-6(20)7(21)10(29-4)19-3-18-5-8(15)16-2-17-9(5)19/h2-4,6-7,10,20-21H,1H2,(H,25,26)(H2,15,16,17)(H2,22,23,24)/t4-,6-,7-,10-,33-/m1/s1. The van der Waals surface area contributed by atoms with Crippen LogP contribution in [-0.4, -0.2) is 80.7 Å². The van der Waals surface area contributed by atoms with Gasteiger partial charge in [-0.3, -0.25) is 18.3 Å². The van der Waals surface area contributed by atoms with Gasteiger partial charge in [-0.2, -0.15) is 0 Å². The van der Waals surface area contributed by atoms with Crippen LogP contribution in [0.25, 0.3) is 11.2 Å². The van der Waals surface area contributed by atoms with Crippen LogP contribution in [0.4, 0.5) is 5.82 Å². The first-order chi connectivity index (χ1) is 15.0. The molecule has 0 aliphatic carbocycles. The molecular formula is C11H15BCl2N5O11P3. The van der Waals surface area contributed by atoms with Crippen molar-refractivity contribution in [1.82, 2.24) is 19.5 Å². The molecule has 1 fully saturated rings. The summed E-state index contributed by atoms with van der Waals surface area (Å²) in [4.78, 5) is 39.4. The molecular weight excluding hydrogens is 553 g/mol. The van der Waals surface area contributed by atoms with Crippen LogP contribution in [0.5, 0.6) is 0 Å². The number of halogens is 2. The fraction of sp³-hybridized carbons (Fsp3) is 0.545. The number of aliphatic hydroxyl groups is 2. The van der Waals surface area contributed by atoms with Gasteiger partial charge in [0.2, 0.25) is 7.57 Å². The lowest BCUT2D eigenvalue weighted by Crippen LogP contribution is -2.33. The van der Waals surface area contributed by atoms with Crippen molar-refractivity contribution < 1.29 is 52.2 Å². The molecule has 0 aromatic carbocycles. The van der Waals surface area contributed by atoms with Crippen LogP contribution < -0.4 is 5.73 Å². The van der Waals surface area contributed by atoms with Crippen LogP contribution in [0.3, 0.4) is 0 Å². The molecule has 1 saturated heterocycles. The van der Waals surface area contributed by atoms with Crippen LogP contribution >= 0.6 is 45.9 Å². The Morgan fingerprint density at radius 2 is 1.82 bits per heavy atom. The molecule has 0 bridgehead atoms. The second-order valence-corrected chi connectivity index (χ2v) is 14.8. The van der Waals surface area contributed by atoms with Gasteiger partial charge in [0.1, 0.15) is 30.2 Å². The van der Waals surface area contributed by atoms with Gasteiger partial charge in [-0.1, -0.05) is 23.2 Å². The van der Waals surface area contributed by atoms with Crippen LogP contribution in [-0.2, 0) is 27.3 Å². The van der Waals surface area contributed by atoms with Crippen LogP contribution in [0.1, 0.15) is 6.23 Å². The molecule has 0 saturated carbocycles. The molecule has 33 heavy (non-hydrogen) atoms. The lowest BCUT2D eigenvalue weighted by molar-refractivity contribution is -0.0478. The summed E-state index contributed by atoms with van der Waals surface area (Å²) in [6.45, 7) is -0.875. The van der Waals surface area contributed by atoms with Crippen molar-refractivity contribution in [3.05, 3.63) is 12.7 Å². The number of nitrogens with zero attached hydrogens (tertiary/aromatic N) is 4. The van der Waals surface area contributed by atoms with E-state index in [1.54, 1.807) is 0 Å². The highest BCUT2D eigenvalue weighted by Crippen LogP contribution is 2.79. The molecule has 2 aromatic rings. The molecule has 6 atom stereocenters. The normalized spacial score (nSPS) is 28.0. The van der Waals surface area contributed by atoms with Gasteiger partial charge in [0, 0.05) is 0 Å². The van der Waals surface area contributed by atoms with Crippen molar-refractivity contribution in [2.75, 3.05) is 12.3 Å². The largest absolute Gasteiger partial charge is 0.387 e. The zero-order valence-corrected chi connectivity index (χ0v) is 20.1. The van der Waals surface area contributed by atoms with Gasteiger partial charge in [0.15, 0.2) is 17.7 Å². The Bertz CT molecular complexity index is 1200. The average Bonchev–Trinajstić information content (AvgIpc) is 3.21. The highest BCUT2D eigenvalue weighted by atomic mass is 35.5. The summed E-state index contributed by atoms with van der Waals surface area (Å²) in [5, 5.41) is 20.6. The van der Waals surface area contributed by atoms with Crippen LogP contribution in [0.15, 0.2) is 12.7 Å². The number of ether oxygens (including phenoxy) is 1. The highest BCUT2D eigenvalue weighted by molar-refractivity contribution is 7.88. The molecule has 2 aromatic heterocycles. The number of anilines is 1. The molecule has 0 spiro atoms. The van der Waals surface area contributed by atoms with Gasteiger partial charge in [-0.25, -0.2) is 19.3 Å². The lowest BCUT2D eigenvalue weighted by Gasteiger charge is -2.28. The van der Waals surface area contributed by atoms with Gasteiger partial charge in [-0.05, 0) is 0 Å². The first kappa shape index (κ1) is 27.0. The van der Waals surface area contributed by atoms with Gasteiger partial charge in [0.05, 0.1) is 12.9 Å². The predicted octanol–water partition coefficient (Wildman–Crippen LogP) is -0.211. The zero-order valence-electron chi connectivity index (χ0n) is 15.9. The second kappa shape index (κ2) is 9.10. The number of rotatable bonds is 8. The second-order valence-electron chi connectivity index (χ2n) is 6.62. The summed E-state index contributed by atoms with van der Waals surface area (Å²) in [5.74, 6) is 0.0475. The molecule has 1 aliphatic heterocycles. The smallest absolute Gasteiger partial charge is 0.383 e. The number of imidazole rings is 1. The number of nitrogen functional groups attached to an aromatic ring is 1. The van der Waals surface area contributed by atoms with E-state index in [1.807, 2.05) is 0 Å². The maximum atomic E-state index is 12.3. The average molecular weight is 568 g/mol. The first-order valence-electron chi connectivity index (χ1n) is 8.44. The van der Waals surface area contributed by atoms with E-state index in [0.29, 0.717) is 0 Å². The summed E-state index contributed by atoms with van der Waals surface area (Å²) in [5.41, 5.74) is 6.04. The minimum Gasteiger partial charge on any atom is -0.387 e. The van der Waals surface area contributed by atoms with E-state index in [0.717, 1.165) is 6.33 Å². The maximum Gasteiger partial charge on any atom is 0.383 e. The number of fused-ring (bicyclic) bond motifs is 1. The fourth-order valence-corrected chi connectivity index (χ4v) is 7.09. The first-order valence-corrected chi connectivity index (χ1v) is 14.0. The molecule has 182 valence electrons. The van der Waals surface area contributed by atoms with Crippen LogP contribution in [0, 0.1) is 0 Å². The molecule has 1 aliphatic rings. The van der Waals surface area contributed by atoms with E-state index in [4.69, 9.17) is 55.5 Å². The van der Waals surface area contributed by atoms with Crippen molar-refractivity contribution in [3.8, 4) is 0 Å². The zero-order chi connectivity index (χ0) is 25.0.